The van der Waals surface area contributed by atoms with E-state index < -0.39 is 0 Å². The molecular formula is C12H16N4O2. The molecule has 6 heteroatoms. The average Bonchev–Trinajstić information content (AvgIpc) is 2.95. The number of rotatable bonds is 3. The van der Waals surface area contributed by atoms with Crippen LogP contribution < -0.4 is 0 Å². The van der Waals surface area contributed by atoms with E-state index in [2.05, 4.69) is 14.9 Å². The van der Waals surface area contributed by atoms with Gasteiger partial charge in [-0.1, -0.05) is 6.42 Å². The maximum atomic E-state index is 12.0. The molecule has 2 amide bonds. The number of imide groups is 1. The molecule has 0 unspecified atom stereocenters. The fourth-order valence-corrected chi connectivity index (χ4v) is 2.60. The third kappa shape index (κ3) is 1.82. The number of aromatic nitrogens is 2. The first-order chi connectivity index (χ1) is 8.77. The predicted molar refractivity (Wildman–Crippen MR) is 64.2 cm³/mol. The first-order valence-corrected chi connectivity index (χ1v) is 6.39. The fraction of sp³-hybridized carbons (Fsp3) is 0.583. The number of nitrogens with zero attached hydrogens (tertiary/aromatic N) is 3. The third-order valence-electron chi connectivity index (χ3n) is 3.63. The Balaban J connectivity index is 1.62. The van der Waals surface area contributed by atoms with Crippen LogP contribution in [0.4, 0.5) is 0 Å². The van der Waals surface area contributed by atoms with Crippen molar-refractivity contribution in [3.63, 3.8) is 0 Å². The van der Waals surface area contributed by atoms with Crippen molar-refractivity contribution < 1.29 is 9.59 Å². The van der Waals surface area contributed by atoms with E-state index in [1.54, 1.807) is 0 Å². The lowest BCUT2D eigenvalue weighted by Crippen LogP contribution is -2.40. The Kier molecular flexibility index (Phi) is 2.87. The summed E-state index contributed by atoms with van der Waals surface area (Å²) in [5, 5.41) is 0. The molecule has 0 aromatic carbocycles. The van der Waals surface area contributed by atoms with Crippen LogP contribution in [-0.2, 0) is 0 Å². The highest BCUT2D eigenvalue weighted by atomic mass is 16.2. The minimum atomic E-state index is -0.270. The summed E-state index contributed by atoms with van der Waals surface area (Å²) in [7, 11) is 0. The number of piperidine rings is 1. The molecule has 0 atom stereocenters. The highest BCUT2D eigenvalue weighted by molar-refractivity contribution is 6.19. The second kappa shape index (κ2) is 4.53. The van der Waals surface area contributed by atoms with Gasteiger partial charge in [0.1, 0.15) is 5.69 Å². The normalized spacial score (nSPS) is 20.6. The number of likely N-dealkylation sites (tertiary alicyclic amines) is 1. The van der Waals surface area contributed by atoms with Gasteiger partial charge in [0.05, 0.1) is 6.33 Å². The Hall–Kier alpha value is -1.69. The summed E-state index contributed by atoms with van der Waals surface area (Å²) >= 11 is 0. The maximum absolute atomic E-state index is 12.0. The molecule has 1 fully saturated rings. The van der Waals surface area contributed by atoms with Crippen LogP contribution in [0.2, 0.25) is 0 Å². The Labute approximate surface area is 105 Å². The molecule has 1 aromatic heterocycles. The van der Waals surface area contributed by atoms with Crippen LogP contribution in [0, 0.1) is 0 Å². The average molecular weight is 248 g/mol. The number of carbonyl (C=O) groups is 2. The molecule has 0 saturated carbocycles. The smallest absolute Gasteiger partial charge is 0.281 e. The summed E-state index contributed by atoms with van der Waals surface area (Å²) < 4.78 is 0. The van der Waals surface area contributed by atoms with Gasteiger partial charge in [0.15, 0.2) is 5.69 Å². The van der Waals surface area contributed by atoms with Crippen molar-refractivity contribution in [2.45, 2.75) is 19.3 Å². The SMILES string of the molecule is O=C1c2nc[nH]c2C(=O)N1CCN1CCCCC1. The van der Waals surface area contributed by atoms with E-state index in [4.69, 9.17) is 0 Å². The van der Waals surface area contributed by atoms with Crippen molar-refractivity contribution >= 4 is 11.8 Å². The number of aromatic amines is 1. The van der Waals surface area contributed by atoms with Gasteiger partial charge >= 0.3 is 0 Å². The molecule has 0 aliphatic carbocycles. The van der Waals surface area contributed by atoms with Crippen LogP contribution in [0.25, 0.3) is 0 Å². The summed E-state index contributed by atoms with van der Waals surface area (Å²) in [5.74, 6) is -0.516. The van der Waals surface area contributed by atoms with E-state index in [1.807, 2.05) is 0 Å². The molecule has 0 bridgehead atoms. The summed E-state index contributed by atoms with van der Waals surface area (Å²) in [6, 6.07) is 0. The summed E-state index contributed by atoms with van der Waals surface area (Å²) in [6.07, 6.45) is 5.10. The minimum Gasteiger partial charge on any atom is -0.340 e. The zero-order valence-electron chi connectivity index (χ0n) is 10.2. The monoisotopic (exact) mass is 248 g/mol. The fourth-order valence-electron chi connectivity index (χ4n) is 2.60. The van der Waals surface area contributed by atoms with Crippen molar-refractivity contribution in [1.29, 1.82) is 0 Å². The molecule has 2 aliphatic heterocycles. The van der Waals surface area contributed by atoms with Gasteiger partial charge in [-0.25, -0.2) is 4.98 Å². The standard InChI is InChI=1S/C12H16N4O2/c17-11-9-10(14-8-13-9)12(18)16(11)7-6-15-4-2-1-3-5-15/h8H,1-7H2,(H,13,14). The van der Waals surface area contributed by atoms with Crippen LogP contribution in [0.1, 0.15) is 40.2 Å². The Morgan fingerprint density at radius 2 is 1.89 bits per heavy atom. The van der Waals surface area contributed by atoms with Crippen LogP contribution in [0.15, 0.2) is 6.33 Å². The molecule has 3 heterocycles. The van der Waals surface area contributed by atoms with Crippen LogP contribution in [0.5, 0.6) is 0 Å². The van der Waals surface area contributed by atoms with E-state index >= 15 is 0 Å². The lowest BCUT2D eigenvalue weighted by Gasteiger charge is -2.27. The molecule has 0 radical (unpaired) electrons. The number of hydrogen-bond acceptors (Lipinski definition) is 4. The molecule has 1 saturated heterocycles. The maximum Gasteiger partial charge on any atom is 0.281 e. The van der Waals surface area contributed by atoms with Crippen LogP contribution >= 0.6 is 0 Å². The van der Waals surface area contributed by atoms with E-state index in [0.29, 0.717) is 12.2 Å². The molecular weight excluding hydrogens is 232 g/mol. The van der Waals surface area contributed by atoms with Gasteiger partial charge in [-0.2, -0.15) is 0 Å². The van der Waals surface area contributed by atoms with Gasteiger partial charge in [-0.3, -0.25) is 14.5 Å². The van der Waals surface area contributed by atoms with Gasteiger partial charge < -0.3 is 9.88 Å². The second-order valence-electron chi connectivity index (χ2n) is 4.79. The number of hydrogen-bond donors (Lipinski definition) is 1. The van der Waals surface area contributed by atoms with Gasteiger partial charge in [0, 0.05) is 13.1 Å². The van der Waals surface area contributed by atoms with E-state index in [-0.39, 0.29) is 17.5 Å². The van der Waals surface area contributed by atoms with E-state index in [0.717, 1.165) is 19.6 Å². The van der Waals surface area contributed by atoms with Gasteiger partial charge in [0.25, 0.3) is 11.8 Å². The van der Waals surface area contributed by atoms with Crippen molar-refractivity contribution in [2.75, 3.05) is 26.2 Å². The van der Waals surface area contributed by atoms with Gasteiger partial charge in [-0.05, 0) is 25.9 Å². The quantitative estimate of drug-likeness (QED) is 0.790. The largest absolute Gasteiger partial charge is 0.340 e. The highest BCUT2D eigenvalue weighted by Crippen LogP contribution is 2.19. The Morgan fingerprint density at radius 1 is 1.11 bits per heavy atom. The Bertz CT molecular complexity index is 446. The predicted octanol–water partition coefficient (Wildman–Crippen LogP) is 0.492. The first kappa shape index (κ1) is 11.4. The number of fused-ring (bicyclic) bond motifs is 1. The number of amides is 2. The zero-order valence-corrected chi connectivity index (χ0v) is 10.2. The molecule has 1 aromatic rings. The Morgan fingerprint density at radius 3 is 2.61 bits per heavy atom. The summed E-state index contributed by atoms with van der Waals surface area (Å²) in [6.45, 7) is 3.36. The summed E-state index contributed by atoms with van der Waals surface area (Å²) in [5.41, 5.74) is 0.595. The first-order valence-electron chi connectivity index (χ1n) is 6.39. The molecule has 1 N–H and O–H groups in total. The van der Waals surface area contributed by atoms with E-state index in [1.165, 1.54) is 30.5 Å². The van der Waals surface area contributed by atoms with Gasteiger partial charge in [-0.15, -0.1) is 0 Å². The molecule has 2 aliphatic rings. The number of carbonyl (C=O) groups excluding carboxylic acids is 2. The highest BCUT2D eigenvalue weighted by Gasteiger charge is 2.38. The molecule has 6 nitrogen and oxygen atoms in total. The van der Waals surface area contributed by atoms with Crippen molar-refractivity contribution in [2.24, 2.45) is 0 Å². The summed E-state index contributed by atoms with van der Waals surface area (Å²) in [4.78, 5) is 34.1. The van der Waals surface area contributed by atoms with Crippen molar-refractivity contribution in [3.8, 4) is 0 Å². The van der Waals surface area contributed by atoms with Crippen LogP contribution in [0.3, 0.4) is 0 Å². The third-order valence-corrected chi connectivity index (χ3v) is 3.63. The lowest BCUT2D eigenvalue weighted by molar-refractivity contribution is 0.0626. The minimum absolute atomic E-state index is 0.246. The molecule has 96 valence electrons. The molecule has 3 rings (SSSR count). The van der Waals surface area contributed by atoms with Gasteiger partial charge in [0.2, 0.25) is 0 Å². The number of nitrogens with one attached hydrogen (secondary N) is 1. The van der Waals surface area contributed by atoms with E-state index in [9.17, 15) is 9.59 Å². The zero-order chi connectivity index (χ0) is 12.5. The van der Waals surface area contributed by atoms with Crippen molar-refractivity contribution in [3.05, 3.63) is 17.7 Å². The lowest BCUT2D eigenvalue weighted by atomic mass is 10.1. The number of H-pyrrole nitrogens is 1. The topological polar surface area (TPSA) is 69.3 Å². The molecule has 18 heavy (non-hydrogen) atoms. The molecule has 0 spiro atoms. The second-order valence-corrected chi connectivity index (χ2v) is 4.79. The van der Waals surface area contributed by atoms with Crippen molar-refractivity contribution in [1.82, 2.24) is 19.8 Å². The van der Waals surface area contributed by atoms with Crippen LogP contribution in [-0.4, -0.2) is 57.8 Å². The number of imidazole rings is 1.